The predicted octanol–water partition coefficient (Wildman–Crippen LogP) is 2.70. The number of nitrogens with one attached hydrogen (secondary N) is 1. The minimum absolute atomic E-state index is 0.357. The van der Waals surface area contributed by atoms with Gasteiger partial charge in [0.25, 0.3) is 0 Å². The van der Waals surface area contributed by atoms with E-state index in [0.29, 0.717) is 16.0 Å². The molecule has 1 aliphatic heterocycles. The van der Waals surface area contributed by atoms with Crippen LogP contribution in [0.2, 0.25) is 0 Å². The number of halogens is 1. The molecule has 0 spiro atoms. The maximum Gasteiger partial charge on any atom is 0.250 e. The van der Waals surface area contributed by atoms with Gasteiger partial charge in [0.1, 0.15) is 4.21 Å². The Balaban J connectivity index is 1.72. The highest BCUT2D eigenvalue weighted by molar-refractivity contribution is 9.11. The maximum absolute atomic E-state index is 11.9. The molecule has 0 amide bonds. The van der Waals surface area contributed by atoms with E-state index in [1.807, 2.05) is 11.8 Å². The second-order valence-corrected chi connectivity index (χ2v) is 10.0. The van der Waals surface area contributed by atoms with Crippen LogP contribution in [0, 0.1) is 0 Å². The fourth-order valence-electron chi connectivity index (χ4n) is 1.76. The predicted molar refractivity (Wildman–Crippen MR) is 83.5 cm³/mol. The summed E-state index contributed by atoms with van der Waals surface area (Å²) in [4.78, 5) is 0. The largest absolute Gasteiger partial charge is 0.381 e. The van der Waals surface area contributed by atoms with Crippen molar-refractivity contribution in [3.8, 4) is 0 Å². The van der Waals surface area contributed by atoms with Crippen molar-refractivity contribution in [2.75, 3.05) is 25.5 Å². The second kappa shape index (κ2) is 7.42. The minimum atomic E-state index is -3.34. The Bertz CT molecular complexity index is 497. The van der Waals surface area contributed by atoms with Crippen molar-refractivity contribution in [1.82, 2.24) is 4.72 Å². The quantitative estimate of drug-likeness (QED) is 0.764. The lowest BCUT2D eigenvalue weighted by atomic mass is 10.2. The molecule has 108 valence electrons. The SMILES string of the molecule is O=S(=O)(NCCSC1CCOCC1)c1ccc(Br)s1. The number of ether oxygens (including phenoxy) is 1. The fraction of sp³-hybridized carbons (Fsp3) is 0.636. The summed E-state index contributed by atoms with van der Waals surface area (Å²) >= 11 is 6.32. The number of hydrogen-bond acceptors (Lipinski definition) is 5. The van der Waals surface area contributed by atoms with E-state index in [1.165, 1.54) is 11.3 Å². The van der Waals surface area contributed by atoms with Crippen LogP contribution in [0.1, 0.15) is 12.8 Å². The van der Waals surface area contributed by atoms with Crippen LogP contribution in [0.5, 0.6) is 0 Å². The van der Waals surface area contributed by atoms with E-state index in [-0.39, 0.29) is 0 Å². The van der Waals surface area contributed by atoms with Gasteiger partial charge < -0.3 is 4.74 Å². The third-order valence-corrected chi connectivity index (χ3v) is 7.69. The van der Waals surface area contributed by atoms with Gasteiger partial charge >= 0.3 is 0 Å². The van der Waals surface area contributed by atoms with Crippen LogP contribution < -0.4 is 4.72 Å². The molecule has 2 heterocycles. The summed E-state index contributed by atoms with van der Waals surface area (Å²) in [7, 11) is -3.34. The van der Waals surface area contributed by atoms with Gasteiger partial charge in [0.05, 0.1) is 3.79 Å². The molecular formula is C11H16BrNO3S3. The third-order valence-electron chi connectivity index (χ3n) is 2.73. The van der Waals surface area contributed by atoms with Crippen LogP contribution in [-0.4, -0.2) is 39.2 Å². The molecule has 0 saturated carbocycles. The van der Waals surface area contributed by atoms with Crippen molar-refractivity contribution in [3.63, 3.8) is 0 Å². The highest BCUT2D eigenvalue weighted by Crippen LogP contribution is 2.26. The molecule has 4 nitrogen and oxygen atoms in total. The van der Waals surface area contributed by atoms with Crippen molar-refractivity contribution in [2.24, 2.45) is 0 Å². The topological polar surface area (TPSA) is 55.4 Å². The van der Waals surface area contributed by atoms with Gasteiger partial charge in [-0.15, -0.1) is 11.3 Å². The Labute approximate surface area is 130 Å². The van der Waals surface area contributed by atoms with Crippen LogP contribution in [0.4, 0.5) is 0 Å². The Morgan fingerprint density at radius 2 is 2.16 bits per heavy atom. The van der Waals surface area contributed by atoms with Crippen molar-refractivity contribution in [2.45, 2.75) is 22.3 Å². The lowest BCUT2D eigenvalue weighted by Crippen LogP contribution is -2.26. The molecule has 1 saturated heterocycles. The number of thiophene rings is 1. The Hall–Kier alpha value is 0.400. The molecule has 0 atom stereocenters. The molecule has 0 unspecified atom stereocenters. The zero-order valence-electron chi connectivity index (χ0n) is 10.3. The number of rotatable bonds is 6. The van der Waals surface area contributed by atoms with Crippen molar-refractivity contribution >= 4 is 49.1 Å². The molecule has 1 fully saturated rings. The molecule has 0 radical (unpaired) electrons. The first-order valence-electron chi connectivity index (χ1n) is 6.02. The molecule has 2 rings (SSSR count). The van der Waals surface area contributed by atoms with Crippen molar-refractivity contribution in [1.29, 1.82) is 0 Å². The second-order valence-electron chi connectivity index (χ2n) is 4.14. The monoisotopic (exact) mass is 385 g/mol. The molecule has 0 aliphatic carbocycles. The summed E-state index contributed by atoms with van der Waals surface area (Å²) in [6.07, 6.45) is 2.13. The first-order chi connectivity index (χ1) is 9.08. The summed E-state index contributed by atoms with van der Waals surface area (Å²) in [6, 6.07) is 3.36. The van der Waals surface area contributed by atoms with Crippen LogP contribution in [0.15, 0.2) is 20.1 Å². The highest BCUT2D eigenvalue weighted by Gasteiger charge is 2.17. The zero-order chi connectivity index (χ0) is 13.7. The first kappa shape index (κ1) is 15.8. The molecule has 8 heteroatoms. The van der Waals surface area contributed by atoms with E-state index in [4.69, 9.17) is 4.74 Å². The molecule has 19 heavy (non-hydrogen) atoms. The third kappa shape index (κ3) is 5.02. The van der Waals surface area contributed by atoms with E-state index in [9.17, 15) is 8.42 Å². The maximum atomic E-state index is 11.9. The Morgan fingerprint density at radius 1 is 1.42 bits per heavy atom. The fourth-order valence-corrected chi connectivity index (χ4v) is 6.05. The van der Waals surface area contributed by atoms with Crippen LogP contribution in [0.25, 0.3) is 0 Å². The van der Waals surface area contributed by atoms with Gasteiger partial charge in [0, 0.05) is 30.8 Å². The lowest BCUT2D eigenvalue weighted by Gasteiger charge is -2.21. The molecule has 1 aromatic rings. The van der Waals surface area contributed by atoms with Gasteiger partial charge in [0.2, 0.25) is 10.0 Å². The summed E-state index contributed by atoms with van der Waals surface area (Å²) in [5, 5.41) is 0.606. The molecule has 1 N–H and O–H groups in total. The average Bonchev–Trinajstić information content (AvgIpc) is 2.84. The number of hydrogen-bond donors (Lipinski definition) is 1. The van der Waals surface area contributed by atoms with Gasteiger partial charge in [-0.1, -0.05) is 0 Å². The van der Waals surface area contributed by atoms with E-state index in [1.54, 1.807) is 12.1 Å². The van der Waals surface area contributed by atoms with Gasteiger partial charge in [-0.3, -0.25) is 0 Å². The minimum Gasteiger partial charge on any atom is -0.381 e. The lowest BCUT2D eigenvalue weighted by molar-refractivity contribution is 0.100. The van der Waals surface area contributed by atoms with E-state index in [0.717, 1.165) is 35.6 Å². The van der Waals surface area contributed by atoms with E-state index < -0.39 is 10.0 Å². The molecule has 1 aliphatic rings. The molecular weight excluding hydrogens is 370 g/mol. The van der Waals surface area contributed by atoms with Gasteiger partial charge in [-0.25, -0.2) is 13.1 Å². The zero-order valence-corrected chi connectivity index (χ0v) is 14.3. The Kier molecular flexibility index (Phi) is 6.16. The summed E-state index contributed by atoms with van der Waals surface area (Å²) in [5.74, 6) is 0.802. The standard InChI is InChI=1S/C11H16BrNO3S3/c12-10-1-2-11(18-10)19(14,15)13-5-8-17-9-3-6-16-7-4-9/h1-2,9,13H,3-8H2. The van der Waals surface area contributed by atoms with Crippen molar-refractivity contribution in [3.05, 3.63) is 15.9 Å². The van der Waals surface area contributed by atoms with Gasteiger partial charge in [-0.2, -0.15) is 11.8 Å². The summed E-state index contributed by atoms with van der Waals surface area (Å²) in [6.45, 7) is 2.12. The van der Waals surface area contributed by atoms with E-state index in [2.05, 4.69) is 20.7 Å². The summed E-state index contributed by atoms with van der Waals surface area (Å²) < 4.78 is 33.0. The Morgan fingerprint density at radius 3 is 2.79 bits per heavy atom. The highest BCUT2D eigenvalue weighted by atomic mass is 79.9. The summed E-state index contributed by atoms with van der Waals surface area (Å²) in [5.41, 5.74) is 0. The first-order valence-corrected chi connectivity index (χ1v) is 10.2. The normalized spacial score (nSPS) is 17.7. The van der Waals surface area contributed by atoms with Gasteiger partial charge in [0.15, 0.2) is 0 Å². The average molecular weight is 386 g/mol. The van der Waals surface area contributed by atoms with Gasteiger partial charge in [-0.05, 0) is 40.9 Å². The van der Waals surface area contributed by atoms with Crippen LogP contribution >= 0.6 is 39.0 Å². The molecule has 1 aromatic heterocycles. The van der Waals surface area contributed by atoms with E-state index >= 15 is 0 Å². The molecule has 0 aromatic carbocycles. The van der Waals surface area contributed by atoms with Crippen LogP contribution in [-0.2, 0) is 14.8 Å². The molecule has 0 bridgehead atoms. The van der Waals surface area contributed by atoms with Crippen molar-refractivity contribution < 1.29 is 13.2 Å². The number of thioether (sulfide) groups is 1. The smallest absolute Gasteiger partial charge is 0.250 e. The van der Waals surface area contributed by atoms with Crippen LogP contribution in [0.3, 0.4) is 0 Å². The number of sulfonamides is 1.